The van der Waals surface area contributed by atoms with Gasteiger partial charge in [0.2, 0.25) is 0 Å². The van der Waals surface area contributed by atoms with Crippen LogP contribution in [0.25, 0.3) is 6.08 Å². The summed E-state index contributed by atoms with van der Waals surface area (Å²) in [6, 6.07) is 15.1. The monoisotopic (exact) mass is 624 g/mol. The molecule has 0 aromatic heterocycles. The van der Waals surface area contributed by atoms with Crippen molar-refractivity contribution in [3.63, 3.8) is 0 Å². The van der Waals surface area contributed by atoms with Crippen molar-refractivity contribution in [2.45, 2.75) is 6.61 Å². The zero-order valence-electron chi connectivity index (χ0n) is 18.5. The minimum Gasteiger partial charge on any atom is -0.493 e. The van der Waals surface area contributed by atoms with Gasteiger partial charge in [-0.05, 0) is 93.4 Å². The molecule has 1 N–H and O–H groups in total. The summed E-state index contributed by atoms with van der Waals surface area (Å²) in [5.41, 5.74) is 1.89. The van der Waals surface area contributed by atoms with Crippen LogP contribution in [-0.4, -0.2) is 24.1 Å². The van der Waals surface area contributed by atoms with Gasteiger partial charge in [-0.3, -0.25) is 9.59 Å². The Morgan fingerprint density at radius 1 is 1.08 bits per heavy atom. The second-order valence-corrected chi connectivity index (χ2v) is 10.5. The van der Waals surface area contributed by atoms with Gasteiger partial charge < -0.3 is 14.8 Å². The molecule has 0 bridgehead atoms. The molecule has 2 amide bonds. The van der Waals surface area contributed by atoms with Crippen molar-refractivity contribution in [1.29, 1.82) is 0 Å². The minimum absolute atomic E-state index is 0.193. The van der Waals surface area contributed by atoms with Crippen molar-refractivity contribution in [2.24, 2.45) is 4.99 Å². The molecule has 1 aliphatic rings. The molecule has 11 heteroatoms. The van der Waals surface area contributed by atoms with E-state index in [4.69, 9.17) is 44.3 Å². The largest absolute Gasteiger partial charge is 0.493 e. The van der Waals surface area contributed by atoms with Crippen LogP contribution in [0.3, 0.4) is 0 Å². The van der Waals surface area contributed by atoms with E-state index in [1.165, 1.54) is 7.11 Å². The Labute approximate surface area is 234 Å². The molecule has 0 unspecified atom stereocenters. The Kier molecular flexibility index (Phi) is 8.64. The van der Waals surface area contributed by atoms with E-state index in [1.807, 2.05) is 6.07 Å². The van der Waals surface area contributed by atoms with Crippen molar-refractivity contribution in [3.05, 3.63) is 95.7 Å². The van der Waals surface area contributed by atoms with Gasteiger partial charge in [0.25, 0.3) is 11.8 Å². The quantitative estimate of drug-likeness (QED) is 0.289. The number of ether oxygens (including phenoxy) is 2. The smallest absolute Gasteiger partial charge is 0.279 e. The summed E-state index contributed by atoms with van der Waals surface area (Å²) in [5.74, 6) is 0.109. The molecular formula is C25H16BrCl3N2O4S. The predicted molar refractivity (Wildman–Crippen MR) is 148 cm³/mol. The fourth-order valence-electron chi connectivity index (χ4n) is 3.13. The molecule has 3 aromatic rings. The third kappa shape index (κ3) is 6.44. The molecule has 36 heavy (non-hydrogen) atoms. The first-order valence-electron chi connectivity index (χ1n) is 10.3. The summed E-state index contributed by atoms with van der Waals surface area (Å²) < 4.78 is 12.1. The molecule has 184 valence electrons. The van der Waals surface area contributed by atoms with Gasteiger partial charge >= 0.3 is 0 Å². The Bertz CT molecular complexity index is 1410. The average molecular weight is 627 g/mol. The van der Waals surface area contributed by atoms with Crippen LogP contribution in [0.1, 0.15) is 21.5 Å². The number of rotatable bonds is 6. The van der Waals surface area contributed by atoms with Crippen LogP contribution in [0.2, 0.25) is 15.1 Å². The first kappa shape index (κ1) is 26.6. The van der Waals surface area contributed by atoms with E-state index >= 15 is 0 Å². The highest BCUT2D eigenvalue weighted by Gasteiger charge is 2.25. The second-order valence-electron chi connectivity index (χ2n) is 7.37. The zero-order chi connectivity index (χ0) is 25.8. The summed E-state index contributed by atoms with van der Waals surface area (Å²) in [6.45, 7) is 0.242. The number of thioether (sulfide) groups is 1. The molecule has 0 aliphatic carbocycles. The van der Waals surface area contributed by atoms with Gasteiger partial charge in [-0.15, -0.1) is 0 Å². The maximum absolute atomic E-state index is 12.5. The van der Waals surface area contributed by atoms with Crippen LogP contribution in [0.15, 0.2) is 69.0 Å². The second kappa shape index (κ2) is 11.7. The lowest BCUT2D eigenvalue weighted by atomic mass is 10.2. The highest BCUT2D eigenvalue weighted by Crippen LogP contribution is 2.39. The molecule has 3 aromatic carbocycles. The molecular weight excluding hydrogens is 611 g/mol. The van der Waals surface area contributed by atoms with E-state index in [1.54, 1.807) is 54.6 Å². The summed E-state index contributed by atoms with van der Waals surface area (Å²) in [7, 11) is 1.52. The van der Waals surface area contributed by atoms with E-state index in [0.29, 0.717) is 47.1 Å². The van der Waals surface area contributed by atoms with Crippen LogP contribution < -0.4 is 14.8 Å². The van der Waals surface area contributed by atoms with Crippen LogP contribution in [0.4, 0.5) is 0 Å². The Hall–Kier alpha value is -2.49. The Morgan fingerprint density at radius 2 is 1.83 bits per heavy atom. The standard InChI is InChI=1S/C25H16BrCl3N2O4S/c1-34-20-10-14(8-17(26)22(20)35-12-13-2-7-18(28)19(29)9-13)11-21-24(33)31-25(36-21)30-23(32)15-3-5-16(27)6-4-15/h2-11H,12H2,1H3,(H,30,31,32,33)/b21-11-. The van der Waals surface area contributed by atoms with E-state index in [0.717, 1.165) is 17.3 Å². The van der Waals surface area contributed by atoms with E-state index in [-0.39, 0.29) is 17.7 Å². The van der Waals surface area contributed by atoms with E-state index in [9.17, 15) is 9.59 Å². The van der Waals surface area contributed by atoms with Gasteiger partial charge in [-0.1, -0.05) is 40.9 Å². The number of hydrogen-bond acceptors (Lipinski definition) is 5. The number of methoxy groups -OCH3 is 1. The fourth-order valence-corrected chi connectivity index (χ4v) is 4.97. The summed E-state index contributed by atoms with van der Waals surface area (Å²) in [4.78, 5) is 29.2. The van der Waals surface area contributed by atoms with Crippen molar-refractivity contribution < 1.29 is 19.1 Å². The van der Waals surface area contributed by atoms with Crippen LogP contribution >= 0.6 is 62.5 Å². The fraction of sp³-hybridized carbons (Fsp3) is 0.0800. The highest BCUT2D eigenvalue weighted by molar-refractivity contribution is 9.10. The van der Waals surface area contributed by atoms with Crippen LogP contribution in [-0.2, 0) is 11.4 Å². The lowest BCUT2D eigenvalue weighted by Crippen LogP contribution is -2.20. The number of nitrogens with one attached hydrogen (secondary N) is 1. The van der Waals surface area contributed by atoms with Gasteiger partial charge in [-0.25, -0.2) is 0 Å². The summed E-state index contributed by atoms with van der Waals surface area (Å²) in [5, 5.41) is 4.22. The van der Waals surface area contributed by atoms with Gasteiger partial charge in [0, 0.05) is 10.6 Å². The van der Waals surface area contributed by atoms with Gasteiger partial charge in [0.05, 0.1) is 26.5 Å². The van der Waals surface area contributed by atoms with E-state index in [2.05, 4.69) is 26.2 Å². The van der Waals surface area contributed by atoms with Crippen molar-refractivity contribution in [2.75, 3.05) is 7.11 Å². The highest BCUT2D eigenvalue weighted by atomic mass is 79.9. The van der Waals surface area contributed by atoms with E-state index < -0.39 is 5.91 Å². The number of nitrogens with zero attached hydrogens (tertiary/aromatic N) is 1. The zero-order valence-corrected chi connectivity index (χ0v) is 23.2. The SMILES string of the molecule is COc1cc(/C=C2\SC(=NC(=O)c3ccc(Cl)cc3)NC2=O)cc(Br)c1OCc1ccc(Cl)c(Cl)c1. The Morgan fingerprint density at radius 3 is 2.53 bits per heavy atom. The summed E-state index contributed by atoms with van der Waals surface area (Å²) >= 11 is 22.5. The first-order valence-corrected chi connectivity index (χ1v) is 13.0. The van der Waals surface area contributed by atoms with Gasteiger partial charge in [0.15, 0.2) is 16.7 Å². The Balaban J connectivity index is 1.51. The predicted octanol–water partition coefficient (Wildman–Crippen LogP) is 7.40. The van der Waals surface area contributed by atoms with Crippen molar-refractivity contribution in [1.82, 2.24) is 5.32 Å². The molecule has 1 saturated heterocycles. The lowest BCUT2D eigenvalue weighted by molar-refractivity contribution is -0.115. The van der Waals surface area contributed by atoms with Crippen molar-refractivity contribution in [3.8, 4) is 11.5 Å². The third-order valence-corrected chi connectivity index (χ3v) is 7.35. The van der Waals surface area contributed by atoms with Crippen LogP contribution in [0, 0.1) is 0 Å². The molecule has 0 spiro atoms. The van der Waals surface area contributed by atoms with Crippen LogP contribution in [0.5, 0.6) is 11.5 Å². The summed E-state index contributed by atoms with van der Waals surface area (Å²) in [6.07, 6.45) is 1.67. The maximum atomic E-state index is 12.5. The number of aliphatic imine (C=N–C) groups is 1. The first-order chi connectivity index (χ1) is 17.2. The number of carbonyl (C=O) groups excluding carboxylic acids is 2. The van der Waals surface area contributed by atoms with Gasteiger partial charge in [0.1, 0.15) is 6.61 Å². The third-order valence-electron chi connectivity index (χ3n) is 4.86. The molecule has 0 radical (unpaired) electrons. The number of amidine groups is 1. The number of amides is 2. The van der Waals surface area contributed by atoms with Crippen molar-refractivity contribution >= 4 is 85.6 Å². The normalized spacial score (nSPS) is 15.3. The number of halogens is 4. The maximum Gasteiger partial charge on any atom is 0.279 e. The molecule has 6 nitrogen and oxygen atoms in total. The molecule has 0 saturated carbocycles. The number of hydrogen-bond donors (Lipinski definition) is 1. The minimum atomic E-state index is -0.483. The molecule has 1 heterocycles. The lowest BCUT2D eigenvalue weighted by Gasteiger charge is -2.14. The number of carbonyl (C=O) groups is 2. The molecule has 4 rings (SSSR count). The number of benzene rings is 3. The topological polar surface area (TPSA) is 77.0 Å². The molecule has 1 aliphatic heterocycles. The molecule has 1 fully saturated rings. The molecule has 0 atom stereocenters. The van der Waals surface area contributed by atoms with Gasteiger partial charge in [-0.2, -0.15) is 4.99 Å². The average Bonchev–Trinajstić information content (AvgIpc) is 3.18.